The molecule has 2 aromatic rings. The molecule has 0 fully saturated rings. The first-order valence-electron chi connectivity index (χ1n) is 6.18. The van der Waals surface area contributed by atoms with Crippen LogP contribution in [0.3, 0.4) is 0 Å². The van der Waals surface area contributed by atoms with Crippen molar-refractivity contribution in [2.24, 2.45) is 0 Å². The molecule has 0 aromatic heterocycles. The summed E-state index contributed by atoms with van der Waals surface area (Å²) in [5.41, 5.74) is -1.21. The maximum atomic E-state index is 13.5. The molecule has 1 N–H and O–H groups in total. The molecule has 2 aromatic carbocycles. The van der Waals surface area contributed by atoms with E-state index >= 15 is 0 Å². The third kappa shape index (κ3) is 3.52. The first-order valence-corrected chi connectivity index (χ1v) is 6.94. The van der Waals surface area contributed by atoms with Gasteiger partial charge in [-0.1, -0.05) is 29.3 Å². The SMILES string of the molecule is O=C(C=Cc1c(Cl)cccc1Cl)Nc1c(F)c(F)c(F)c(F)c1F. The van der Waals surface area contributed by atoms with E-state index < -0.39 is 40.7 Å². The van der Waals surface area contributed by atoms with E-state index in [-0.39, 0.29) is 15.6 Å². The monoisotopic (exact) mass is 381 g/mol. The zero-order chi connectivity index (χ0) is 18.0. The number of amides is 1. The summed E-state index contributed by atoms with van der Waals surface area (Å²) in [6.45, 7) is 0. The average Bonchev–Trinajstić information content (AvgIpc) is 2.54. The fourth-order valence-electron chi connectivity index (χ4n) is 1.71. The second kappa shape index (κ2) is 7.19. The minimum atomic E-state index is -2.32. The molecular formula is C15H6Cl2F5NO. The lowest BCUT2D eigenvalue weighted by Gasteiger charge is -2.08. The lowest BCUT2D eigenvalue weighted by molar-refractivity contribution is -0.111. The lowest BCUT2D eigenvalue weighted by Crippen LogP contribution is -2.14. The molecule has 2 rings (SSSR count). The van der Waals surface area contributed by atoms with E-state index in [1.165, 1.54) is 12.1 Å². The van der Waals surface area contributed by atoms with Crippen LogP contribution in [0, 0.1) is 29.1 Å². The highest BCUT2D eigenvalue weighted by atomic mass is 35.5. The molecule has 0 aliphatic heterocycles. The number of halogens is 7. The summed E-state index contributed by atoms with van der Waals surface area (Å²) in [6, 6.07) is 4.51. The van der Waals surface area contributed by atoms with E-state index in [0.717, 1.165) is 12.2 Å². The van der Waals surface area contributed by atoms with E-state index in [2.05, 4.69) is 0 Å². The van der Waals surface area contributed by atoms with E-state index in [0.29, 0.717) is 0 Å². The van der Waals surface area contributed by atoms with Gasteiger partial charge >= 0.3 is 0 Å². The maximum absolute atomic E-state index is 13.5. The second-order valence-electron chi connectivity index (χ2n) is 4.40. The van der Waals surface area contributed by atoms with Gasteiger partial charge in [0.05, 0.1) is 0 Å². The van der Waals surface area contributed by atoms with Crippen LogP contribution in [0.4, 0.5) is 27.6 Å². The van der Waals surface area contributed by atoms with E-state index in [1.807, 2.05) is 0 Å². The Morgan fingerprint density at radius 3 is 1.83 bits per heavy atom. The van der Waals surface area contributed by atoms with Gasteiger partial charge in [-0.25, -0.2) is 22.0 Å². The molecular weight excluding hydrogens is 376 g/mol. The minimum Gasteiger partial charge on any atom is -0.317 e. The van der Waals surface area contributed by atoms with Gasteiger partial charge in [0.15, 0.2) is 23.3 Å². The highest BCUT2D eigenvalue weighted by Crippen LogP contribution is 2.28. The number of anilines is 1. The van der Waals surface area contributed by atoms with E-state index in [1.54, 1.807) is 11.4 Å². The molecule has 126 valence electrons. The Labute approximate surface area is 142 Å². The van der Waals surface area contributed by atoms with E-state index in [9.17, 15) is 26.7 Å². The largest absolute Gasteiger partial charge is 0.317 e. The Hall–Kier alpha value is -2.12. The summed E-state index contributed by atoms with van der Waals surface area (Å²) in [7, 11) is 0. The van der Waals surface area contributed by atoms with Gasteiger partial charge < -0.3 is 5.32 Å². The number of benzene rings is 2. The van der Waals surface area contributed by atoms with Gasteiger partial charge in [-0.05, 0) is 18.2 Å². The summed E-state index contributed by atoms with van der Waals surface area (Å²) in [5, 5.41) is 1.98. The van der Waals surface area contributed by atoms with Gasteiger partial charge in [0.25, 0.3) is 0 Å². The van der Waals surface area contributed by atoms with Crippen molar-refractivity contribution in [2.45, 2.75) is 0 Å². The highest BCUT2D eigenvalue weighted by molar-refractivity contribution is 6.37. The van der Waals surface area contributed by atoms with Gasteiger partial charge in [0, 0.05) is 21.7 Å². The molecule has 0 unspecified atom stereocenters. The summed E-state index contributed by atoms with van der Waals surface area (Å²) in [6.07, 6.45) is 1.91. The van der Waals surface area contributed by atoms with Gasteiger partial charge in [-0.2, -0.15) is 0 Å². The summed E-state index contributed by atoms with van der Waals surface area (Å²) >= 11 is 11.7. The predicted molar refractivity (Wildman–Crippen MR) is 80.4 cm³/mol. The number of nitrogens with one attached hydrogen (secondary N) is 1. The van der Waals surface area contributed by atoms with Crippen LogP contribution < -0.4 is 5.32 Å². The van der Waals surface area contributed by atoms with Gasteiger partial charge in [-0.3, -0.25) is 4.79 Å². The fraction of sp³-hybridized carbons (Fsp3) is 0. The van der Waals surface area contributed by atoms with Gasteiger partial charge in [-0.15, -0.1) is 0 Å². The smallest absolute Gasteiger partial charge is 0.248 e. The van der Waals surface area contributed by atoms with Crippen molar-refractivity contribution in [3.05, 3.63) is 69.0 Å². The Bertz CT molecular complexity index is 805. The number of hydrogen-bond donors (Lipinski definition) is 1. The normalized spacial score (nSPS) is 11.1. The molecule has 24 heavy (non-hydrogen) atoms. The highest BCUT2D eigenvalue weighted by Gasteiger charge is 2.26. The summed E-state index contributed by atoms with van der Waals surface area (Å²) in [5.74, 6) is -12.1. The van der Waals surface area contributed by atoms with Crippen LogP contribution in [0.2, 0.25) is 10.0 Å². The minimum absolute atomic E-state index is 0.197. The van der Waals surface area contributed by atoms with Crippen LogP contribution in [-0.4, -0.2) is 5.91 Å². The molecule has 0 aliphatic rings. The molecule has 0 saturated heterocycles. The van der Waals surface area contributed by atoms with Crippen LogP contribution in [-0.2, 0) is 4.79 Å². The number of rotatable bonds is 3. The van der Waals surface area contributed by atoms with Crippen LogP contribution in [0.15, 0.2) is 24.3 Å². The maximum Gasteiger partial charge on any atom is 0.248 e. The Balaban J connectivity index is 2.30. The zero-order valence-corrected chi connectivity index (χ0v) is 13.0. The van der Waals surface area contributed by atoms with Crippen LogP contribution >= 0.6 is 23.2 Å². The molecule has 0 heterocycles. The van der Waals surface area contributed by atoms with Crippen molar-refractivity contribution in [1.82, 2.24) is 0 Å². The van der Waals surface area contributed by atoms with Crippen LogP contribution in [0.5, 0.6) is 0 Å². The van der Waals surface area contributed by atoms with E-state index in [4.69, 9.17) is 23.2 Å². The summed E-state index contributed by atoms with van der Waals surface area (Å²) < 4.78 is 65.9. The quantitative estimate of drug-likeness (QED) is 0.330. The number of carbonyl (C=O) groups excluding carboxylic acids is 1. The molecule has 0 aliphatic carbocycles. The molecule has 1 amide bonds. The molecule has 2 nitrogen and oxygen atoms in total. The average molecular weight is 382 g/mol. The second-order valence-corrected chi connectivity index (χ2v) is 5.22. The van der Waals surface area contributed by atoms with Crippen molar-refractivity contribution in [3.63, 3.8) is 0 Å². The lowest BCUT2D eigenvalue weighted by atomic mass is 10.2. The number of hydrogen-bond acceptors (Lipinski definition) is 1. The van der Waals surface area contributed by atoms with Crippen molar-refractivity contribution < 1.29 is 26.7 Å². The fourth-order valence-corrected chi connectivity index (χ4v) is 2.23. The Kier molecular flexibility index (Phi) is 5.46. The first-order chi connectivity index (χ1) is 11.2. The van der Waals surface area contributed by atoms with Crippen molar-refractivity contribution in [1.29, 1.82) is 0 Å². The molecule has 0 saturated carbocycles. The molecule has 0 bridgehead atoms. The third-order valence-corrected chi connectivity index (χ3v) is 3.52. The van der Waals surface area contributed by atoms with Gasteiger partial charge in [0.2, 0.25) is 11.7 Å². The zero-order valence-electron chi connectivity index (χ0n) is 11.4. The first kappa shape index (κ1) is 18.2. The standard InChI is InChI=1S/C15H6Cl2F5NO/c16-7-2-1-3-8(17)6(7)4-5-9(24)23-15-13(21)11(19)10(18)12(20)14(15)22/h1-5H,(H,23,24). The summed E-state index contributed by atoms with van der Waals surface area (Å²) in [4.78, 5) is 11.7. The number of carbonyl (C=O) groups is 1. The topological polar surface area (TPSA) is 29.1 Å². The predicted octanol–water partition coefficient (Wildman–Crippen LogP) is 5.34. The molecule has 0 spiro atoms. The Morgan fingerprint density at radius 2 is 1.33 bits per heavy atom. The third-order valence-electron chi connectivity index (χ3n) is 2.86. The van der Waals surface area contributed by atoms with Crippen LogP contribution in [0.1, 0.15) is 5.56 Å². The van der Waals surface area contributed by atoms with Gasteiger partial charge in [0.1, 0.15) is 5.69 Å². The molecule has 9 heteroatoms. The van der Waals surface area contributed by atoms with Crippen molar-refractivity contribution in [2.75, 3.05) is 5.32 Å². The van der Waals surface area contributed by atoms with Crippen molar-refractivity contribution in [3.8, 4) is 0 Å². The Morgan fingerprint density at radius 1 is 0.875 bits per heavy atom. The molecule has 0 radical (unpaired) electrons. The van der Waals surface area contributed by atoms with Crippen molar-refractivity contribution >= 4 is 40.9 Å². The molecule has 0 atom stereocenters. The van der Waals surface area contributed by atoms with Crippen LogP contribution in [0.25, 0.3) is 6.08 Å².